The average molecular weight is 160 g/mol. The average Bonchev–Trinajstić information content (AvgIpc) is 2.17. The third-order valence-corrected chi connectivity index (χ3v) is 1.69. The molecule has 3 heteroatoms. The molecule has 0 amide bonds. The van der Waals surface area contributed by atoms with Gasteiger partial charge in [-0.2, -0.15) is 5.90 Å². The summed E-state index contributed by atoms with van der Waals surface area (Å²) in [5.74, 6) is 5.42. The van der Waals surface area contributed by atoms with Crippen LogP contribution in [0.15, 0.2) is 36.4 Å². The fraction of sp³-hybridized carbons (Fsp3) is 0. The van der Waals surface area contributed by atoms with E-state index in [-0.39, 0.29) is 0 Å². The molecule has 0 saturated heterocycles. The molecule has 0 bridgehead atoms. The van der Waals surface area contributed by atoms with E-state index in [0.717, 1.165) is 10.9 Å². The highest BCUT2D eigenvalue weighted by Gasteiger charge is 1.95. The summed E-state index contributed by atoms with van der Waals surface area (Å²) in [5, 5.41) is 1.08. The van der Waals surface area contributed by atoms with Gasteiger partial charge in [0.05, 0.1) is 5.52 Å². The van der Waals surface area contributed by atoms with Crippen LogP contribution in [0.2, 0.25) is 0 Å². The Morgan fingerprint density at radius 2 is 1.92 bits per heavy atom. The molecule has 60 valence electrons. The van der Waals surface area contributed by atoms with Gasteiger partial charge >= 0.3 is 0 Å². The standard InChI is InChI=1S/C9H8N2O/c10-12-9-6-5-7-3-1-2-4-8(7)11-9/h1-6H,10H2. The topological polar surface area (TPSA) is 48.1 Å². The summed E-state index contributed by atoms with van der Waals surface area (Å²) >= 11 is 0. The second-order valence-corrected chi connectivity index (χ2v) is 2.46. The number of aromatic nitrogens is 1. The molecule has 0 aliphatic carbocycles. The summed E-state index contributed by atoms with van der Waals surface area (Å²) in [6.45, 7) is 0. The number of fused-ring (bicyclic) bond motifs is 1. The molecule has 12 heavy (non-hydrogen) atoms. The van der Waals surface area contributed by atoms with Crippen molar-refractivity contribution in [2.75, 3.05) is 0 Å². The van der Waals surface area contributed by atoms with Gasteiger partial charge in [-0.1, -0.05) is 18.2 Å². The van der Waals surface area contributed by atoms with Crippen LogP contribution >= 0.6 is 0 Å². The van der Waals surface area contributed by atoms with Gasteiger partial charge in [0.15, 0.2) is 0 Å². The Balaban J connectivity index is 2.67. The van der Waals surface area contributed by atoms with Gasteiger partial charge in [-0.15, -0.1) is 0 Å². The van der Waals surface area contributed by atoms with E-state index in [1.165, 1.54) is 0 Å². The number of benzene rings is 1. The molecule has 3 nitrogen and oxygen atoms in total. The number of pyridine rings is 1. The van der Waals surface area contributed by atoms with Gasteiger partial charge in [-0.05, 0) is 12.1 Å². The zero-order chi connectivity index (χ0) is 8.39. The molecule has 2 rings (SSSR count). The molecule has 0 atom stereocenters. The molecule has 1 heterocycles. The summed E-state index contributed by atoms with van der Waals surface area (Å²) < 4.78 is 0. The van der Waals surface area contributed by atoms with Gasteiger partial charge in [-0.3, -0.25) is 0 Å². The Hall–Kier alpha value is -1.61. The fourth-order valence-corrected chi connectivity index (χ4v) is 1.11. The van der Waals surface area contributed by atoms with Gasteiger partial charge in [0.25, 0.3) is 0 Å². The normalized spacial score (nSPS) is 10.1. The number of nitrogens with zero attached hydrogens (tertiary/aromatic N) is 1. The molecule has 0 saturated carbocycles. The molecule has 2 aromatic rings. The largest absolute Gasteiger partial charge is 0.391 e. The monoisotopic (exact) mass is 160 g/mol. The first-order valence-electron chi connectivity index (χ1n) is 3.63. The van der Waals surface area contributed by atoms with Gasteiger partial charge in [0.2, 0.25) is 5.88 Å². The molecule has 1 aromatic carbocycles. The minimum absolute atomic E-state index is 0.439. The Bertz CT molecular complexity index is 400. The predicted octanol–water partition coefficient (Wildman–Crippen LogP) is 1.49. The molecule has 0 unspecified atom stereocenters. The van der Waals surface area contributed by atoms with Crippen molar-refractivity contribution in [3.63, 3.8) is 0 Å². The second-order valence-electron chi connectivity index (χ2n) is 2.46. The smallest absolute Gasteiger partial charge is 0.238 e. The van der Waals surface area contributed by atoms with Crippen LogP contribution in [0.4, 0.5) is 0 Å². The molecule has 0 aliphatic heterocycles. The van der Waals surface area contributed by atoms with Crippen molar-refractivity contribution in [2.45, 2.75) is 0 Å². The SMILES string of the molecule is NOc1ccc2ccccc2n1. The van der Waals surface area contributed by atoms with Crippen molar-refractivity contribution in [1.82, 2.24) is 4.98 Å². The van der Waals surface area contributed by atoms with Crippen molar-refractivity contribution in [1.29, 1.82) is 0 Å². The first-order chi connectivity index (χ1) is 5.90. The molecule has 0 spiro atoms. The van der Waals surface area contributed by atoms with Crippen LogP contribution in [0, 0.1) is 0 Å². The first kappa shape index (κ1) is 7.06. The number of hydrogen-bond acceptors (Lipinski definition) is 3. The van der Waals surface area contributed by atoms with E-state index < -0.39 is 0 Å². The van der Waals surface area contributed by atoms with Crippen molar-refractivity contribution >= 4 is 10.9 Å². The van der Waals surface area contributed by atoms with Crippen molar-refractivity contribution in [3.8, 4) is 5.88 Å². The quantitative estimate of drug-likeness (QED) is 0.643. The summed E-state index contributed by atoms with van der Waals surface area (Å²) in [6, 6.07) is 11.5. The minimum Gasteiger partial charge on any atom is -0.391 e. The van der Waals surface area contributed by atoms with Crippen LogP contribution in [-0.4, -0.2) is 4.98 Å². The van der Waals surface area contributed by atoms with E-state index in [0.29, 0.717) is 5.88 Å². The maximum absolute atomic E-state index is 4.98. The van der Waals surface area contributed by atoms with Gasteiger partial charge in [0, 0.05) is 11.5 Å². The molecule has 2 N–H and O–H groups in total. The highest BCUT2D eigenvalue weighted by Crippen LogP contribution is 2.14. The van der Waals surface area contributed by atoms with Gasteiger partial charge < -0.3 is 4.84 Å². The van der Waals surface area contributed by atoms with E-state index in [1.54, 1.807) is 6.07 Å². The fourth-order valence-electron chi connectivity index (χ4n) is 1.11. The summed E-state index contributed by atoms with van der Waals surface area (Å²) in [6.07, 6.45) is 0. The lowest BCUT2D eigenvalue weighted by molar-refractivity contribution is 0.322. The van der Waals surface area contributed by atoms with Crippen LogP contribution in [0.3, 0.4) is 0 Å². The maximum Gasteiger partial charge on any atom is 0.238 e. The lowest BCUT2D eigenvalue weighted by Crippen LogP contribution is -2.03. The van der Waals surface area contributed by atoms with Crippen LogP contribution < -0.4 is 10.7 Å². The Kier molecular flexibility index (Phi) is 1.64. The highest BCUT2D eigenvalue weighted by molar-refractivity contribution is 5.78. The van der Waals surface area contributed by atoms with E-state index in [9.17, 15) is 0 Å². The lowest BCUT2D eigenvalue weighted by Gasteiger charge is -1.98. The van der Waals surface area contributed by atoms with E-state index in [1.807, 2.05) is 30.3 Å². The zero-order valence-corrected chi connectivity index (χ0v) is 6.40. The van der Waals surface area contributed by atoms with Crippen molar-refractivity contribution in [2.24, 2.45) is 5.90 Å². The van der Waals surface area contributed by atoms with Crippen LogP contribution in [-0.2, 0) is 0 Å². The molecular weight excluding hydrogens is 152 g/mol. The molecule has 0 aliphatic rings. The molecular formula is C9H8N2O. The number of para-hydroxylation sites is 1. The molecule has 0 fully saturated rings. The Morgan fingerprint density at radius 3 is 2.75 bits per heavy atom. The number of nitrogens with two attached hydrogens (primary N) is 1. The molecule has 0 radical (unpaired) electrons. The van der Waals surface area contributed by atoms with Crippen molar-refractivity contribution in [3.05, 3.63) is 36.4 Å². The molecule has 1 aromatic heterocycles. The van der Waals surface area contributed by atoms with E-state index in [2.05, 4.69) is 9.82 Å². The Labute approximate surface area is 69.7 Å². The van der Waals surface area contributed by atoms with Crippen LogP contribution in [0.25, 0.3) is 10.9 Å². The number of rotatable bonds is 1. The van der Waals surface area contributed by atoms with Crippen LogP contribution in [0.5, 0.6) is 5.88 Å². The van der Waals surface area contributed by atoms with Crippen LogP contribution in [0.1, 0.15) is 0 Å². The van der Waals surface area contributed by atoms with E-state index >= 15 is 0 Å². The van der Waals surface area contributed by atoms with E-state index in [4.69, 9.17) is 5.90 Å². The zero-order valence-electron chi connectivity index (χ0n) is 6.40. The summed E-state index contributed by atoms with van der Waals surface area (Å²) in [5.41, 5.74) is 0.889. The third-order valence-electron chi connectivity index (χ3n) is 1.69. The van der Waals surface area contributed by atoms with Gasteiger partial charge in [-0.25, -0.2) is 4.98 Å². The third kappa shape index (κ3) is 1.10. The van der Waals surface area contributed by atoms with Crippen molar-refractivity contribution < 1.29 is 4.84 Å². The first-order valence-corrected chi connectivity index (χ1v) is 3.63. The summed E-state index contributed by atoms with van der Waals surface area (Å²) in [4.78, 5) is 8.66. The number of hydrogen-bond donors (Lipinski definition) is 1. The second kappa shape index (κ2) is 2.79. The van der Waals surface area contributed by atoms with Gasteiger partial charge in [0.1, 0.15) is 0 Å². The minimum atomic E-state index is 0.439. The Morgan fingerprint density at radius 1 is 1.08 bits per heavy atom. The maximum atomic E-state index is 4.98. The highest BCUT2D eigenvalue weighted by atomic mass is 16.6. The predicted molar refractivity (Wildman–Crippen MR) is 46.6 cm³/mol. The lowest BCUT2D eigenvalue weighted by atomic mass is 10.2. The summed E-state index contributed by atoms with van der Waals surface area (Å²) in [7, 11) is 0.